The molecule has 0 aromatic heterocycles. The number of benzene rings is 4. The molecule has 1 amide bonds. The molecule has 1 saturated heterocycles. The van der Waals surface area contributed by atoms with Gasteiger partial charge in [-0.2, -0.15) is 9.59 Å². The highest BCUT2D eigenvalue weighted by Crippen LogP contribution is 2.43. The van der Waals surface area contributed by atoms with E-state index in [0.29, 0.717) is 47.2 Å². The van der Waals surface area contributed by atoms with Crippen LogP contribution >= 0.6 is 0 Å². The third-order valence-corrected chi connectivity index (χ3v) is 17.8. The predicted octanol–water partition coefficient (Wildman–Crippen LogP) is 9.04. The summed E-state index contributed by atoms with van der Waals surface area (Å²) in [6, 6.07) is 27.1. The normalized spacial score (nSPS) is 22.2. The topological polar surface area (TPSA) is 177 Å². The van der Waals surface area contributed by atoms with Crippen molar-refractivity contribution >= 4 is 31.7 Å². The van der Waals surface area contributed by atoms with Crippen LogP contribution in [0.1, 0.15) is 151 Å². The predicted molar refractivity (Wildman–Crippen MR) is 270 cm³/mol. The number of likely N-dealkylation sites (tertiary alicyclic amines) is 1. The number of unbranched alkanes of at least 4 members (excludes halogenated alkanes) is 2. The van der Waals surface area contributed by atoms with Crippen LogP contribution in [-0.2, 0) is 47.1 Å². The standard InChI is InChI=1S/C27H36N2O4S.C26H38N2O3S.CO2/c1-4-6-14-27(5-2)19-34(31,32)24-16-21(18-29-15-10-13-25(29)30)23(33-3)17-22(24)26(28-27)20-11-8-7-9-12-20;1-5-8-14-26(7-3)19-32(29,30)24-16-21(18-27-15-6-2)23(31-4)17-22(24)25(28-26)20-12-10-9-11-13-20;2-1-3/h7-9,11-12,16-17,26,28H,4-6,10,13-15,18-19H2,1-3H3;9-13,16-17,25,27-28H,5-8,14-15,18-19H2,1-4H3;/t26-,27-;25-,26-;/m11./s1. The van der Waals surface area contributed by atoms with E-state index < -0.39 is 30.8 Å². The first-order valence-corrected chi connectivity index (χ1v) is 27.9. The number of ether oxygens (including phenoxy) is 2. The van der Waals surface area contributed by atoms with Crippen molar-refractivity contribution in [2.75, 3.05) is 38.8 Å². The number of carbonyl (C=O) groups is 1. The Morgan fingerprint density at radius 3 is 1.52 bits per heavy atom. The molecule has 376 valence electrons. The van der Waals surface area contributed by atoms with E-state index in [9.17, 15) is 21.6 Å². The summed E-state index contributed by atoms with van der Waals surface area (Å²) >= 11 is 0. The second kappa shape index (κ2) is 25.3. The van der Waals surface area contributed by atoms with Crippen molar-refractivity contribution in [1.82, 2.24) is 20.9 Å². The van der Waals surface area contributed by atoms with Crippen molar-refractivity contribution in [1.29, 1.82) is 0 Å². The number of hydrogen-bond acceptors (Lipinski definition) is 12. The van der Waals surface area contributed by atoms with E-state index in [2.05, 4.69) is 62.7 Å². The molecular formula is C54H74N4O9S2. The van der Waals surface area contributed by atoms with Crippen molar-refractivity contribution in [3.05, 3.63) is 118 Å². The summed E-state index contributed by atoms with van der Waals surface area (Å²) in [5.41, 5.74) is 4.22. The fourth-order valence-electron chi connectivity index (χ4n) is 9.98. The van der Waals surface area contributed by atoms with Crippen LogP contribution in [0.3, 0.4) is 0 Å². The maximum atomic E-state index is 13.9. The molecule has 0 unspecified atom stereocenters. The molecule has 4 aromatic rings. The summed E-state index contributed by atoms with van der Waals surface area (Å²) in [4.78, 5) is 31.1. The zero-order chi connectivity index (χ0) is 50.2. The molecule has 1 fully saturated rings. The van der Waals surface area contributed by atoms with Gasteiger partial charge in [0.05, 0.1) is 47.6 Å². The SMILES string of the molecule is CCCC[C@]1(CC)CS(=O)(=O)c2cc(CN3CCCC3=O)c(OC)cc2[C@@H](c2ccccc2)N1.CCCC[C@]1(CC)CS(=O)(=O)c2cc(CNCCC)c(OC)cc2[C@@H](c2ccccc2)N1.O=C=O. The van der Waals surface area contributed by atoms with Gasteiger partial charge in [-0.05, 0) is 91.6 Å². The minimum atomic E-state index is -3.59. The summed E-state index contributed by atoms with van der Waals surface area (Å²) in [6.07, 6.45) is 9.74. The lowest BCUT2D eigenvalue weighted by molar-refractivity contribution is -0.191. The van der Waals surface area contributed by atoms with Crippen LogP contribution in [-0.4, -0.2) is 83.7 Å². The molecule has 7 rings (SSSR count). The van der Waals surface area contributed by atoms with Crippen molar-refractivity contribution in [2.24, 2.45) is 0 Å². The minimum absolute atomic E-state index is 0.0568. The molecule has 0 saturated carbocycles. The average molecular weight is 987 g/mol. The van der Waals surface area contributed by atoms with E-state index in [1.54, 1.807) is 25.2 Å². The Morgan fingerprint density at radius 1 is 0.681 bits per heavy atom. The molecule has 3 heterocycles. The van der Waals surface area contributed by atoms with Gasteiger partial charge in [0.1, 0.15) is 11.5 Å². The van der Waals surface area contributed by atoms with E-state index in [0.717, 1.165) is 104 Å². The molecule has 3 aliphatic rings. The maximum absolute atomic E-state index is 13.9. The number of methoxy groups -OCH3 is 2. The molecule has 3 aliphatic heterocycles. The Hall–Kier alpha value is -4.89. The smallest absolute Gasteiger partial charge is 0.373 e. The zero-order valence-electron chi connectivity index (χ0n) is 41.7. The molecular weight excluding hydrogens is 913 g/mol. The Kier molecular flexibility index (Phi) is 20.2. The van der Waals surface area contributed by atoms with Crippen molar-refractivity contribution in [3.8, 4) is 11.5 Å². The Morgan fingerprint density at radius 2 is 1.13 bits per heavy atom. The molecule has 0 radical (unpaired) electrons. The van der Waals surface area contributed by atoms with Gasteiger partial charge in [-0.25, -0.2) is 16.8 Å². The minimum Gasteiger partial charge on any atom is -0.496 e. The lowest BCUT2D eigenvalue weighted by Gasteiger charge is -2.36. The number of nitrogens with one attached hydrogen (secondary N) is 3. The number of sulfone groups is 2. The second-order valence-electron chi connectivity index (χ2n) is 18.6. The van der Waals surface area contributed by atoms with Crippen molar-refractivity contribution < 1.29 is 40.7 Å². The van der Waals surface area contributed by atoms with Crippen LogP contribution in [0, 0.1) is 0 Å². The Labute approximate surface area is 411 Å². The van der Waals surface area contributed by atoms with Crippen LogP contribution in [0.5, 0.6) is 11.5 Å². The van der Waals surface area contributed by atoms with Gasteiger partial charge in [0.25, 0.3) is 0 Å². The molecule has 3 N–H and O–H groups in total. The molecule has 0 aliphatic carbocycles. The zero-order valence-corrected chi connectivity index (χ0v) is 43.3. The Balaban J connectivity index is 0.000000244. The van der Waals surface area contributed by atoms with Gasteiger partial charge in [-0.1, -0.05) is 121 Å². The number of amides is 1. The fraction of sp³-hybridized carbons (Fsp3) is 0.519. The number of hydrogen-bond donors (Lipinski definition) is 3. The van der Waals surface area contributed by atoms with Crippen LogP contribution in [0.25, 0.3) is 0 Å². The molecule has 15 heteroatoms. The summed E-state index contributed by atoms with van der Waals surface area (Å²) in [5, 5.41) is 11.0. The van der Waals surface area contributed by atoms with E-state index in [1.807, 2.05) is 66.7 Å². The van der Waals surface area contributed by atoms with E-state index in [4.69, 9.17) is 19.1 Å². The van der Waals surface area contributed by atoms with Gasteiger partial charge < -0.3 is 19.7 Å². The first kappa shape index (κ1) is 55.0. The molecule has 0 spiro atoms. The third kappa shape index (κ3) is 13.5. The first-order valence-electron chi connectivity index (χ1n) is 24.6. The highest BCUT2D eigenvalue weighted by atomic mass is 32.2. The van der Waals surface area contributed by atoms with Gasteiger partial charge in [0.2, 0.25) is 5.91 Å². The Bertz CT molecular complexity index is 2570. The van der Waals surface area contributed by atoms with Gasteiger partial charge >= 0.3 is 6.15 Å². The molecule has 69 heavy (non-hydrogen) atoms. The van der Waals surface area contributed by atoms with E-state index >= 15 is 0 Å². The quantitative estimate of drug-likeness (QED) is 0.0808. The van der Waals surface area contributed by atoms with Gasteiger partial charge in [0.15, 0.2) is 19.7 Å². The summed E-state index contributed by atoms with van der Waals surface area (Å²) < 4.78 is 66.8. The monoisotopic (exact) mass is 986 g/mol. The van der Waals surface area contributed by atoms with Gasteiger partial charge in [-0.3, -0.25) is 15.4 Å². The van der Waals surface area contributed by atoms with Crippen LogP contribution in [0.4, 0.5) is 0 Å². The molecule has 13 nitrogen and oxygen atoms in total. The van der Waals surface area contributed by atoms with E-state index in [-0.39, 0.29) is 35.6 Å². The molecule has 4 atom stereocenters. The van der Waals surface area contributed by atoms with Crippen LogP contribution in [0.15, 0.2) is 94.7 Å². The number of fused-ring (bicyclic) bond motifs is 2. The highest BCUT2D eigenvalue weighted by molar-refractivity contribution is 7.91. The number of nitrogens with zero attached hydrogens (tertiary/aromatic N) is 1. The maximum Gasteiger partial charge on any atom is 0.373 e. The van der Waals surface area contributed by atoms with Crippen LogP contribution in [0.2, 0.25) is 0 Å². The number of carbonyl (C=O) groups excluding carboxylic acids is 3. The van der Waals surface area contributed by atoms with Crippen molar-refractivity contribution in [2.45, 2.75) is 151 Å². The van der Waals surface area contributed by atoms with Crippen LogP contribution < -0.4 is 25.4 Å². The summed E-state index contributed by atoms with van der Waals surface area (Å²) in [7, 11) is -3.83. The van der Waals surface area contributed by atoms with Crippen molar-refractivity contribution in [3.63, 3.8) is 0 Å². The van der Waals surface area contributed by atoms with E-state index in [1.165, 1.54) is 0 Å². The number of rotatable bonds is 18. The third-order valence-electron chi connectivity index (χ3n) is 13.9. The summed E-state index contributed by atoms with van der Waals surface area (Å²) in [5.74, 6) is 1.62. The molecule has 0 bridgehead atoms. The lowest BCUT2D eigenvalue weighted by atomic mass is 9.88. The highest BCUT2D eigenvalue weighted by Gasteiger charge is 2.44. The average Bonchev–Trinajstić information content (AvgIpc) is 3.68. The second-order valence-corrected chi connectivity index (χ2v) is 22.5. The van der Waals surface area contributed by atoms with Gasteiger partial charge in [-0.15, -0.1) is 0 Å². The van der Waals surface area contributed by atoms with Gasteiger partial charge in [0, 0.05) is 48.3 Å². The largest absolute Gasteiger partial charge is 0.496 e. The first-order chi connectivity index (χ1) is 33.1. The summed E-state index contributed by atoms with van der Waals surface area (Å²) in [6.45, 7) is 13.1. The molecule has 4 aromatic carbocycles. The fourth-order valence-corrected chi connectivity index (χ4v) is 14.3. The lowest BCUT2D eigenvalue weighted by Crippen LogP contribution is -2.50.